The number of anilines is 1. The van der Waals surface area contributed by atoms with Crippen molar-refractivity contribution in [1.82, 2.24) is 5.16 Å². The smallest absolute Gasteiger partial charge is 0.230 e. The molecule has 1 aromatic carbocycles. The number of hydrogen-bond donors (Lipinski definition) is 1. The summed E-state index contributed by atoms with van der Waals surface area (Å²) in [5, 5.41) is 3.94. The molecule has 0 atom stereocenters. The van der Waals surface area contributed by atoms with Crippen LogP contribution in [0.25, 0.3) is 11.1 Å². The highest BCUT2D eigenvalue weighted by molar-refractivity contribution is 5.76. The van der Waals surface area contributed by atoms with Crippen LogP contribution >= 0.6 is 0 Å². The van der Waals surface area contributed by atoms with E-state index >= 15 is 0 Å². The number of rotatable bonds is 4. The number of hydrogen-bond acceptors (Lipinski definition) is 3. The largest absolute Gasteiger partial charge is 0.367 e. The number of halogens is 2. The number of nitrogens with zero attached hydrogens (tertiary/aromatic N) is 1. The monoisotopic (exact) mass is 266 g/mol. The molecule has 0 spiro atoms. The Kier molecular flexibility index (Phi) is 3.83. The fraction of sp³-hybridized carbons (Fsp3) is 0.357. The molecule has 1 heterocycles. The van der Waals surface area contributed by atoms with Crippen molar-refractivity contribution in [3.63, 3.8) is 0 Å². The van der Waals surface area contributed by atoms with E-state index in [1.165, 1.54) is 12.1 Å². The summed E-state index contributed by atoms with van der Waals surface area (Å²) in [5.41, 5.74) is 7.03. The minimum Gasteiger partial charge on any atom is -0.367 e. The molecule has 0 aliphatic heterocycles. The molecule has 2 rings (SSSR count). The first-order valence-corrected chi connectivity index (χ1v) is 6.28. The molecule has 2 aromatic rings. The molecule has 3 nitrogen and oxygen atoms in total. The summed E-state index contributed by atoms with van der Waals surface area (Å²) in [6.45, 7) is 4.04. The fourth-order valence-corrected chi connectivity index (χ4v) is 2.23. The zero-order valence-corrected chi connectivity index (χ0v) is 10.9. The molecule has 0 unspecified atom stereocenters. The van der Waals surface area contributed by atoms with Crippen LogP contribution in [0.5, 0.6) is 0 Å². The third-order valence-corrected chi connectivity index (χ3v) is 3.32. The minimum absolute atomic E-state index is 0.0624. The average Bonchev–Trinajstić information content (AvgIpc) is 2.74. The van der Waals surface area contributed by atoms with Gasteiger partial charge in [-0.1, -0.05) is 19.0 Å². The summed E-state index contributed by atoms with van der Waals surface area (Å²) >= 11 is 0. The SMILES string of the molecule is CCC(CC)c1noc(N)c1-c1ccc(F)cc1F. The molecule has 0 amide bonds. The molecule has 19 heavy (non-hydrogen) atoms. The Morgan fingerprint density at radius 2 is 1.95 bits per heavy atom. The van der Waals surface area contributed by atoms with Gasteiger partial charge in [-0.3, -0.25) is 0 Å². The van der Waals surface area contributed by atoms with Crippen molar-refractivity contribution in [2.24, 2.45) is 0 Å². The van der Waals surface area contributed by atoms with Gasteiger partial charge in [-0.15, -0.1) is 0 Å². The molecule has 0 bridgehead atoms. The number of nitrogen functional groups attached to an aromatic ring is 1. The lowest BCUT2D eigenvalue weighted by atomic mass is 9.93. The molecule has 0 saturated heterocycles. The van der Waals surface area contributed by atoms with E-state index < -0.39 is 11.6 Å². The van der Waals surface area contributed by atoms with E-state index in [-0.39, 0.29) is 17.4 Å². The molecular formula is C14H16F2N2O. The van der Waals surface area contributed by atoms with Crippen LogP contribution in [0, 0.1) is 11.6 Å². The first kappa shape index (κ1) is 13.5. The zero-order valence-electron chi connectivity index (χ0n) is 10.9. The number of benzene rings is 1. The second-order valence-electron chi connectivity index (χ2n) is 4.44. The highest BCUT2D eigenvalue weighted by Crippen LogP contribution is 2.37. The molecule has 0 fully saturated rings. The average molecular weight is 266 g/mol. The van der Waals surface area contributed by atoms with Gasteiger partial charge in [0.15, 0.2) is 0 Å². The van der Waals surface area contributed by atoms with Crippen molar-refractivity contribution in [2.75, 3.05) is 5.73 Å². The van der Waals surface area contributed by atoms with Crippen molar-refractivity contribution < 1.29 is 13.3 Å². The van der Waals surface area contributed by atoms with Crippen LogP contribution in [0.15, 0.2) is 22.7 Å². The zero-order chi connectivity index (χ0) is 14.0. The first-order valence-electron chi connectivity index (χ1n) is 6.28. The van der Waals surface area contributed by atoms with Gasteiger partial charge in [0.05, 0.1) is 11.3 Å². The fourth-order valence-electron chi connectivity index (χ4n) is 2.23. The van der Waals surface area contributed by atoms with Crippen LogP contribution in [0.3, 0.4) is 0 Å². The van der Waals surface area contributed by atoms with E-state index in [9.17, 15) is 8.78 Å². The van der Waals surface area contributed by atoms with Crippen LogP contribution < -0.4 is 5.73 Å². The van der Waals surface area contributed by atoms with Gasteiger partial charge in [0.1, 0.15) is 11.6 Å². The van der Waals surface area contributed by atoms with Gasteiger partial charge in [0.2, 0.25) is 5.88 Å². The number of nitrogens with two attached hydrogens (primary N) is 1. The molecule has 2 N–H and O–H groups in total. The third kappa shape index (κ3) is 2.45. The summed E-state index contributed by atoms with van der Waals surface area (Å²) in [7, 11) is 0. The maximum absolute atomic E-state index is 13.9. The molecule has 102 valence electrons. The minimum atomic E-state index is -0.665. The quantitative estimate of drug-likeness (QED) is 0.906. The predicted molar refractivity (Wildman–Crippen MR) is 69.6 cm³/mol. The normalized spacial score (nSPS) is 11.2. The third-order valence-electron chi connectivity index (χ3n) is 3.32. The van der Waals surface area contributed by atoms with Crippen molar-refractivity contribution in [2.45, 2.75) is 32.6 Å². The van der Waals surface area contributed by atoms with E-state index in [0.717, 1.165) is 18.9 Å². The van der Waals surface area contributed by atoms with Crippen LogP contribution in [0.4, 0.5) is 14.7 Å². The Balaban J connectivity index is 2.58. The lowest BCUT2D eigenvalue weighted by molar-refractivity contribution is 0.416. The van der Waals surface area contributed by atoms with Crippen molar-refractivity contribution in [1.29, 1.82) is 0 Å². The summed E-state index contributed by atoms with van der Waals surface area (Å²) in [6, 6.07) is 3.39. The highest BCUT2D eigenvalue weighted by atomic mass is 19.1. The lowest BCUT2D eigenvalue weighted by Gasteiger charge is -2.11. The van der Waals surface area contributed by atoms with Gasteiger partial charge in [-0.2, -0.15) is 0 Å². The molecule has 0 aliphatic carbocycles. The first-order chi connectivity index (χ1) is 9.08. The van der Waals surface area contributed by atoms with Crippen LogP contribution in [-0.4, -0.2) is 5.16 Å². The Hall–Kier alpha value is -1.91. The summed E-state index contributed by atoms with van der Waals surface area (Å²) in [4.78, 5) is 0. The van der Waals surface area contributed by atoms with E-state index in [1.807, 2.05) is 13.8 Å². The second kappa shape index (κ2) is 5.38. The molecule has 5 heteroatoms. The van der Waals surface area contributed by atoms with Crippen LogP contribution in [0.2, 0.25) is 0 Å². The van der Waals surface area contributed by atoms with E-state index in [0.29, 0.717) is 11.3 Å². The molecule has 0 aliphatic rings. The maximum atomic E-state index is 13.9. The standard InChI is InChI=1S/C14H16F2N2O/c1-3-8(4-2)13-12(14(17)19-18-13)10-6-5-9(15)7-11(10)16/h5-8H,3-4,17H2,1-2H3. The molecule has 1 aromatic heterocycles. The maximum Gasteiger partial charge on any atom is 0.230 e. The Morgan fingerprint density at radius 1 is 1.26 bits per heavy atom. The van der Waals surface area contributed by atoms with E-state index in [4.69, 9.17) is 10.3 Å². The van der Waals surface area contributed by atoms with E-state index in [1.54, 1.807) is 0 Å². The van der Waals surface area contributed by atoms with Gasteiger partial charge in [0, 0.05) is 17.5 Å². The van der Waals surface area contributed by atoms with Gasteiger partial charge in [0.25, 0.3) is 0 Å². The summed E-state index contributed by atoms with van der Waals surface area (Å²) < 4.78 is 31.8. The Labute approximate surface area is 110 Å². The lowest BCUT2D eigenvalue weighted by Crippen LogP contribution is -2.00. The predicted octanol–water partition coefficient (Wildman–Crippen LogP) is 4.11. The highest BCUT2D eigenvalue weighted by Gasteiger charge is 2.23. The molecular weight excluding hydrogens is 250 g/mol. The summed E-state index contributed by atoms with van der Waals surface area (Å²) in [5.74, 6) is -1.09. The van der Waals surface area contributed by atoms with Gasteiger partial charge < -0.3 is 10.3 Å². The van der Waals surface area contributed by atoms with Crippen molar-refractivity contribution >= 4 is 5.88 Å². The van der Waals surface area contributed by atoms with Crippen molar-refractivity contribution in [3.8, 4) is 11.1 Å². The van der Waals surface area contributed by atoms with Gasteiger partial charge in [-0.05, 0) is 25.0 Å². The Morgan fingerprint density at radius 3 is 2.53 bits per heavy atom. The molecule has 0 radical (unpaired) electrons. The number of aromatic nitrogens is 1. The topological polar surface area (TPSA) is 52.0 Å². The van der Waals surface area contributed by atoms with Crippen molar-refractivity contribution in [3.05, 3.63) is 35.5 Å². The molecule has 0 saturated carbocycles. The van der Waals surface area contributed by atoms with Gasteiger partial charge >= 0.3 is 0 Å². The van der Waals surface area contributed by atoms with Gasteiger partial charge in [-0.25, -0.2) is 8.78 Å². The van der Waals surface area contributed by atoms with Crippen LogP contribution in [-0.2, 0) is 0 Å². The van der Waals surface area contributed by atoms with Crippen LogP contribution in [0.1, 0.15) is 38.3 Å². The Bertz CT molecular complexity index is 577. The summed E-state index contributed by atoms with van der Waals surface area (Å²) in [6.07, 6.45) is 1.69. The second-order valence-corrected chi connectivity index (χ2v) is 4.44. The van der Waals surface area contributed by atoms with E-state index in [2.05, 4.69) is 5.16 Å².